The van der Waals surface area contributed by atoms with Crippen LogP contribution < -0.4 is 0 Å². The maximum Gasteiger partial charge on any atom is 0.338 e. The van der Waals surface area contributed by atoms with Gasteiger partial charge in [-0.1, -0.05) is 18.2 Å². The zero-order valence-corrected chi connectivity index (χ0v) is 12.2. The number of nitrogens with zero attached hydrogens (tertiary/aromatic N) is 2. The second kappa shape index (κ2) is 5.11. The summed E-state index contributed by atoms with van der Waals surface area (Å²) in [6.45, 7) is 1.84. The lowest BCUT2D eigenvalue weighted by molar-refractivity contribution is 0.0692. The fraction of sp³-hybridized carbons (Fsp3) is 0.118. The third-order valence-electron chi connectivity index (χ3n) is 3.88. The van der Waals surface area contributed by atoms with E-state index in [1.165, 1.54) is 18.3 Å². The van der Waals surface area contributed by atoms with Crippen molar-refractivity contribution in [3.8, 4) is 0 Å². The van der Waals surface area contributed by atoms with E-state index in [2.05, 4.69) is 4.98 Å². The van der Waals surface area contributed by atoms with Crippen molar-refractivity contribution in [2.45, 2.75) is 6.92 Å². The largest absolute Gasteiger partial charge is 0.478 e. The summed E-state index contributed by atoms with van der Waals surface area (Å²) in [7, 11) is 1.88. The number of carboxylic acid groups (broad SMARTS) is 1. The third-order valence-corrected chi connectivity index (χ3v) is 3.88. The van der Waals surface area contributed by atoms with Crippen LogP contribution in [0.4, 0.5) is 0 Å². The Kier molecular flexibility index (Phi) is 3.25. The number of rotatable bonds is 3. The van der Waals surface area contributed by atoms with Crippen LogP contribution >= 0.6 is 0 Å². The van der Waals surface area contributed by atoms with Crippen LogP contribution in [0.5, 0.6) is 0 Å². The average molecular weight is 294 g/mol. The molecule has 110 valence electrons. The van der Waals surface area contributed by atoms with Gasteiger partial charge in [0.25, 0.3) is 0 Å². The molecule has 2 heterocycles. The van der Waals surface area contributed by atoms with E-state index in [0.29, 0.717) is 5.56 Å². The number of aromatic nitrogens is 2. The second-order valence-electron chi connectivity index (χ2n) is 5.07. The maximum atomic E-state index is 12.9. The molecule has 0 saturated heterocycles. The monoisotopic (exact) mass is 294 g/mol. The average Bonchev–Trinajstić information content (AvgIpc) is 2.79. The molecule has 0 spiro atoms. The summed E-state index contributed by atoms with van der Waals surface area (Å²) in [5, 5.41) is 10.1. The zero-order valence-electron chi connectivity index (χ0n) is 12.2. The van der Waals surface area contributed by atoms with Crippen LogP contribution in [0, 0.1) is 6.92 Å². The molecule has 2 aromatic heterocycles. The molecule has 5 heteroatoms. The molecule has 1 N–H and O–H groups in total. The number of fused-ring (bicyclic) bond motifs is 1. The van der Waals surface area contributed by atoms with Crippen molar-refractivity contribution in [1.29, 1.82) is 0 Å². The van der Waals surface area contributed by atoms with Gasteiger partial charge in [-0.3, -0.25) is 9.78 Å². The number of carbonyl (C=O) groups excluding carboxylic acids is 1. The normalized spacial score (nSPS) is 10.8. The van der Waals surface area contributed by atoms with E-state index in [1.807, 2.05) is 42.8 Å². The van der Waals surface area contributed by atoms with Gasteiger partial charge < -0.3 is 9.67 Å². The molecule has 0 unspecified atom stereocenters. The van der Waals surface area contributed by atoms with E-state index in [0.717, 1.165) is 16.6 Å². The lowest BCUT2D eigenvalue weighted by atomic mass is 10.0. The highest BCUT2D eigenvalue weighted by Crippen LogP contribution is 2.27. The smallest absolute Gasteiger partial charge is 0.338 e. The Morgan fingerprint density at radius 1 is 1.14 bits per heavy atom. The number of aryl methyl sites for hydroxylation is 1. The first-order valence-electron chi connectivity index (χ1n) is 6.79. The minimum Gasteiger partial charge on any atom is -0.478 e. The molecule has 0 aliphatic rings. The lowest BCUT2D eigenvalue weighted by Crippen LogP contribution is -2.12. The summed E-state index contributed by atoms with van der Waals surface area (Å²) in [5.41, 5.74) is 2.10. The molecule has 3 rings (SSSR count). The first-order valence-corrected chi connectivity index (χ1v) is 6.79. The van der Waals surface area contributed by atoms with Gasteiger partial charge in [-0.15, -0.1) is 0 Å². The fourth-order valence-corrected chi connectivity index (χ4v) is 2.68. The summed E-state index contributed by atoms with van der Waals surface area (Å²) in [4.78, 5) is 28.2. The van der Waals surface area contributed by atoms with Crippen LogP contribution in [-0.2, 0) is 7.05 Å². The minimum atomic E-state index is -1.16. The van der Waals surface area contributed by atoms with Gasteiger partial charge in [0.15, 0.2) is 0 Å². The highest BCUT2D eigenvalue weighted by Gasteiger charge is 2.24. The third kappa shape index (κ3) is 1.98. The van der Waals surface area contributed by atoms with Crippen molar-refractivity contribution >= 4 is 22.7 Å². The fourth-order valence-electron chi connectivity index (χ4n) is 2.68. The van der Waals surface area contributed by atoms with E-state index in [4.69, 9.17) is 0 Å². The molecule has 0 amide bonds. The number of ketones is 1. The van der Waals surface area contributed by atoms with Crippen LogP contribution in [0.15, 0.2) is 42.6 Å². The lowest BCUT2D eigenvalue weighted by Gasteiger charge is -2.05. The van der Waals surface area contributed by atoms with Crippen molar-refractivity contribution in [2.24, 2.45) is 7.05 Å². The summed E-state index contributed by atoms with van der Waals surface area (Å²) in [6, 6.07) is 10.4. The Labute approximate surface area is 126 Å². The molecule has 0 aliphatic heterocycles. The first kappa shape index (κ1) is 14.0. The molecule has 0 aliphatic carbocycles. The molecule has 0 bridgehead atoms. The molecule has 0 saturated carbocycles. The standard InChI is InChI=1S/C17H14N2O3/c1-10-14(11-6-3-4-8-13(11)19(10)2)16(20)15-12(17(21)22)7-5-9-18-15/h3-9H,1-2H3,(H,21,22). The highest BCUT2D eigenvalue weighted by atomic mass is 16.4. The van der Waals surface area contributed by atoms with Crippen molar-refractivity contribution < 1.29 is 14.7 Å². The molecule has 3 aromatic rings. The van der Waals surface area contributed by atoms with Crippen LogP contribution in [0.1, 0.15) is 32.1 Å². The highest BCUT2D eigenvalue weighted by molar-refractivity contribution is 6.19. The molecule has 0 radical (unpaired) electrons. The van der Waals surface area contributed by atoms with Crippen molar-refractivity contribution in [3.05, 3.63) is 65.1 Å². The van der Waals surface area contributed by atoms with E-state index < -0.39 is 5.97 Å². The topological polar surface area (TPSA) is 72.2 Å². The molecular weight excluding hydrogens is 280 g/mol. The number of benzene rings is 1. The van der Waals surface area contributed by atoms with Crippen molar-refractivity contribution in [3.63, 3.8) is 0 Å². The molecular formula is C17H14N2O3. The van der Waals surface area contributed by atoms with Gasteiger partial charge in [0.2, 0.25) is 5.78 Å². The van der Waals surface area contributed by atoms with Gasteiger partial charge in [0, 0.05) is 29.8 Å². The quantitative estimate of drug-likeness (QED) is 0.754. The summed E-state index contributed by atoms with van der Waals surface area (Å²) >= 11 is 0. The zero-order chi connectivity index (χ0) is 15.9. The minimum absolute atomic E-state index is 0.0329. The molecule has 0 fully saturated rings. The first-order chi connectivity index (χ1) is 10.5. The van der Waals surface area contributed by atoms with Crippen LogP contribution in [0.25, 0.3) is 10.9 Å². The molecule has 0 atom stereocenters. The van der Waals surface area contributed by atoms with Gasteiger partial charge in [0.05, 0.1) is 11.1 Å². The van der Waals surface area contributed by atoms with Gasteiger partial charge in [-0.2, -0.15) is 0 Å². The summed E-state index contributed by atoms with van der Waals surface area (Å²) in [5.74, 6) is -1.53. The number of pyridine rings is 1. The van der Waals surface area contributed by atoms with Gasteiger partial charge >= 0.3 is 5.97 Å². The van der Waals surface area contributed by atoms with E-state index in [9.17, 15) is 14.7 Å². The van der Waals surface area contributed by atoms with Gasteiger partial charge in [-0.25, -0.2) is 4.79 Å². The van der Waals surface area contributed by atoms with Gasteiger partial charge in [0.1, 0.15) is 5.69 Å². The van der Waals surface area contributed by atoms with E-state index in [1.54, 1.807) is 0 Å². The molecule has 22 heavy (non-hydrogen) atoms. The van der Waals surface area contributed by atoms with Gasteiger partial charge in [-0.05, 0) is 25.1 Å². The number of carbonyl (C=O) groups is 2. The van der Waals surface area contributed by atoms with Crippen LogP contribution in [0.3, 0.4) is 0 Å². The van der Waals surface area contributed by atoms with E-state index >= 15 is 0 Å². The number of carboxylic acids is 1. The Morgan fingerprint density at radius 3 is 2.59 bits per heavy atom. The van der Waals surface area contributed by atoms with Crippen molar-refractivity contribution in [2.75, 3.05) is 0 Å². The van der Waals surface area contributed by atoms with E-state index in [-0.39, 0.29) is 17.0 Å². The van der Waals surface area contributed by atoms with Crippen molar-refractivity contribution in [1.82, 2.24) is 9.55 Å². The maximum absolute atomic E-state index is 12.9. The number of hydrogen-bond acceptors (Lipinski definition) is 3. The Bertz CT molecular complexity index is 909. The summed E-state index contributed by atoms with van der Waals surface area (Å²) < 4.78 is 1.92. The van der Waals surface area contributed by atoms with Crippen LogP contribution in [0.2, 0.25) is 0 Å². The predicted octanol–water partition coefficient (Wildman–Crippen LogP) is 2.81. The molecule has 1 aromatic carbocycles. The molecule has 5 nitrogen and oxygen atoms in total. The summed E-state index contributed by atoms with van der Waals surface area (Å²) in [6.07, 6.45) is 1.43. The van der Waals surface area contributed by atoms with Crippen LogP contribution in [-0.4, -0.2) is 26.4 Å². The Morgan fingerprint density at radius 2 is 1.86 bits per heavy atom. The Balaban J connectivity index is 2.27. The second-order valence-corrected chi connectivity index (χ2v) is 5.07. The number of para-hydroxylation sites is 1. The Hall–Kier alpha value is -2.95. The number of hydrogen-bond donors (Lipinski definition) is 1. The predicted molar refractivity (Wildman–Crippen MR) is 82.3 cm³/mol. The SMILES string of the molecule is Cc1c(C(=O)c2ncccc2C(=O)O)c2ccccc2n1C. The number of aromatic carboxylic acids is 1.